The molecule has 1 aromatic rings. The van der Waals surface area contributed by atoms with E-state index in [-0.39, 0.29) is 11.9 Å². The van der Waals surface area contributed by atoms with Crippen molar-refractivity contribution in [2.24, 2.45) is 0 Å². The summed E-state index contributed by atoms with van der Waals surface area (Å²) < 4.78 is 13.1. The number of nitrogens with one attached hydrogen (secondary N) is 1. The van der Waals surface area contributed by atoms with Gasteiger partial charge in [0.25, 0.3) is 0 Å². The molecule has 0 aliphatic heterocycles. The Labute approximate surface area is 124 Å². The molecule has 1 aliphatic carbocycles. The van der Waals surface area contributed by atoms with Gasteiger partial charge in [0.05, 0.1) is 0 Å². The quantitative estimate of drug-likeness (QED) is 0.857. The largest absolute Gasteiger partial charge is 0.306 e. The molecule has 4 heteroatoms. The summed E-state index contributed by atoms with van der Waals surface area (Å²) in [5.74, 6) is -0.277. The first kappa shape index (κ1) is 15.1. The third-order valence-corrected chi connectivity index (χ3v) is 5.40. The van der Waals surface area contributed by atoms with Crippen molar-refractivity contribution in [3.63, 3.8) is 0 Å². The topological polar surface area (TPSA) is 12.0 Å². The molecule has 19 heavy (non-hydrogen) atoms. The molecular weight excluding hydrogens is 281 g/mol. The lowest BCUT2D eigenvalue weighted by Gasteiger charge is -2.33. The normalized spacial score (nSPS) is 25.3. The predicted molar refractivity (Wildman–Crippen MR) is 82.5 cm³/mol. The Morgan fingerprint density at radius 1 is 1.37 bits per heavy atom. The number of rotatable bonds is 4. The Balaban J connectivity index is 2.05. The lowest BCUT2D eigenvalue weighted by Crippen LogP contribution is -2.41. The van der Waals surface area contributed by atoms with Crippen molar-refractivity contribution in [2.75, 3.05) is 6.26 Å². The molecule has 0 heterocycles. The van der Waals surface area contributed by atoms with Gasteiger partial charge in [-0.2, -0.15) is 11.8 Å². The number of hydrogen-bond donors (Lipinski definition) is 1. The highest BCUT2D eigenvalue weighted by Gasteiger charge is 2.26. The highest BCUT2D eigenvalue weighted by molar-refractivity contribution is 7.99. The van der Waals surface area contributed by atoms with Gasteiger partial charge in [-0.3, -0.25) is 0 Å². The van der Waals surface area contributed by atoms with E-state index >= 15 is 0 Å². The van der Waals surface area contributed by atoms with Crippen molar-refractivity contribution in [3.8, 4) is 0 Å². The summed E-state index contributed by atoms with van der Waals surface area (Å²) in [4.78, 5) is 0. The zero-order valence-electron chi connectivity index (χ0n) is 11.5. The van der Waals surface area contributed by atoms with Crippen LogP contribution in [0.25, 0.3) is 0 Å². The van der Waals surface area contributed by atoms with Gasteiger partial charge in [0.1, 0.15) is 5.82 Å². The maximum absolute atomic E-state index is 13.1. The number of thioether (sulfide) groups is 1. The second kappa shape index (κ2) is 6.96. The van der Waals surface area contributed by atoms with Gasteiger partial charge >= 0.3 is 0 Å². The van der Waals surface area contributed by atoms with Crippen LogP contribution < -0.4 is 5.32 Å². The zero-order valence-corrected chi connectivity index (χ0v) is 13.0. The molecule has 1 saturated carbocycles. The molecule has 3 atom stereocenters. The summed E-state index contributed by atoms with van der Waals surface area (Å²) >= 11 is 8.07. The highest BCUT2D eigenvalue weighted by atomic mass is 35.5. The van der Waals surface area contributed by atoms with Gasteiger partial charge < -0.3 is 5.32 Å². The maximum atomic E-state index is 13.1. The smallest absolute Gasteiger partial charge is 0.124 e. The summed E-state index contributed by atoms with van der Waals surface area (Å²) in [6, 6.07) is 5.34. The first-order chi connectivity index (χ1) is 9.11. The van der Waals surface area contributed by atoms with E-state index in [4.69, 9.17) is 11.6 Å². The molecule has 3 unspecified atom stereocenters. The average molecular weight is 302 g/mol. The lowest BCUT2D eigenvalue weighted by atomic mass is 9.93. The van der Waals surface area contributed by atoms with Crippen molar-refractivity contribution in [2.45, 2.75) is 49.9 Å². The van der Waals surface area contributed by atoms with Crippen molar-refractivity contribution < 1.29 is 4.39 Å². The standard InChI is InChI=1S/C15H21ClFNS/c1-10(12-8-7-11(17)9-13(12)16)18-14-5-3-4-6-15(14)19-2/h7-10,14-15,18H,3-6H2,1-2H3. The van der Waals surface area contributed by atoms with Crippen molar-refractivity contribution in [1.29, 1.82) is 0 Å². The van der Waals surface area contributed by atoms with Gasteiger partial charge in [0.15, 0.2) is 0 Å². The minimum absolute atomic E-state index is 0.158. The van der Waals surface area contributed by atoms with E-state index in [1.165, 1.54) is 37.8 Å². The molecule has 1 nitrogen and oxygen atoms in total. The van der Waals surface area contributed by atoms with Crippen molar-refractivity contribution in [3.05, 3.63) is 34.6 Å². The molecule has 0 saturated heterocycles. The van der Waals surface area contributed by atoms with Crippen LogP contribution >= 0.6 is 23.4 Å². The van der Waals surface area contributed by atoms with E-state index < -0.39 is 0 Å². The molecule has 0 bridgehead atoms. The second-order valence-electron chi connectivity index (χ2n) is 5.22. The van der Waals surface area contributed by atoms with Crippen LogP contribution in [0.4, 0.5) is 4.39 Å². The van der Waals surface area contributed by atoms with Crippen molar-refractivity contribution >= 4 is 23.4 Å². The van der Waals surface area contributed by atoms with Gasteiger partial charge in [-0.25, -0.2) is 4.39 Å². The van der Waals surface area contributed by atoms with Gasteiger partial charge in [0, 0.05) is 22.4 Å². The molecular formula is C15H21ClFNS. The molecule has 1 aliphatic rings. The van der Waals surface area contributed by atoms with Crippen LogP contribution in [-0.2, 0) is 0 Å². The Hall–Kier alpha value is -0.250. The summed E-state index contributed by atoms with van der Waals surface area (Å²) in [5.41, 5.74) is 0.980. The summed E-state index contributed by atoms with van der Waals surface area (Å²) in [7, 11) is 0. The fourth-order valence-electron chi connectivity index (χ4n) is 2.83. The molecule has 0 radical (unpaired) electrons. The molecule has 0 amide bonds. The third kappa shape index (κ3) is 3.87. The molecule has 1 N–H and O–H groups in total. The number of benzene rings is 1. The summed E-state index contributed by atoms with van der Waals surface area (Å²) in [5, 5.41) is 4.86. The second-order valence-corrected chi connectivity index (χ2v) is 6.70. The van der Waals surface area contributed by atoms with Gasteiger partial charge in [0.2, 0.25) is 0 Å². The molecule has 0 spiro atoms. The fraction of sp³-hybridized carbons (Fsp3) is 0.600. The first-order valence-corrected chi connectivity index (χ1v) is 8.52. The van der Waals surface area contributed by atoms with E-state index in [0.717, 1.165) is 5.56 Å². The Kier molecular flexibility index (Phi) is 5.55. The summed E-state index contributed by atoms with van der Waals surface area (Å²) in [6.07, 6.45) is 7.30. The van der Waals surface area contributed by atoms with Crippen LogP contribution in [0, 0.1) is 5.82 Å². The monoisotopic (exact) mass is 301 g/mol. The fourth-order valence-corrected chi connectivity index (χ4v) is 4.11. The van der Waals surface area contributed by atoms with Crippen LogP contribution in [0.5, 0.6) is 0 Å². The average Bonchev–Trinajstić information content (AvgIpc) is 2.39. The third-order valence-electron chi connectivity index (χ3n) is 3.90. The van der Waals surface area contributed by atoms with Gasteiger partial charge in [-0.15, -0.1) is 0 Å². The van der Waals surface area contributed by atoms with Crippen LogP contribution in [0.1, 0.15) is 44.2 Å². The Morgan fingerprint density at radius 3 is 2.79 bits per heavy atom. The molecule has 1 aromatic carbocycles. The SMILES string of the molecule is CSC1CCCCC1NC(C)c1ccc(F)cc1Cl. The number of hydrogen-bond acceptors (Lipinski definition) is 2. The molecule has 106 valence electrons. The summed E-state index contributed by atoms with van der Waals surface area (Å²) in [6.45, 7) is 2.10. The van der Waals surface area contributed by atoms with E-state index in [0.29, 0.717) is 16.3 Å². The minimum atomic E-state index is -0.277. The van der Waals surface area contributed by atoms with Gasteiger partial charge in [-0.05, 0) is 43.7 Å². The van der Waals surface area contributed by atoms with E-state index in [2.05, 4.69) is 18.5 Å². The Bertz CT molecular complexity index is 427. The highest BCUT2D eigenvalue weighted by Crippen LogP contribution is 2.30. The van der Waals surface area contributed by atoms with E-state index in [9.17, 15) is 4.39 Å². The van der Waals surface area contributed by atoms with E-state index in [1.54, 1.807) is 6.07 Å². The zero-order chi connectivity index (χ0) is 13.8. The first-order valence-electron chi connectivity index (χ1n) is 6.85. The van der Waals surface area contributed by atoms with Crippen LogP contribution in [0.2, 0.25) is 5.02 Å². The van der Waals surface area contributed by atoms with E-state index in [1.807, 2.05) is 11.8 Å². The van der Waals surface area contributed by atoms with Gasteiger partial charge in [-0.1, -0.05) is 30.5 Å². The minimum Gasteiger partial charge on any atom is -0.306 e. The Morgan fingerprint density at radius 2 is 2.11 bits per heavy atom. The van der Waals surface area contributed by atoms with Crippen molar-refractivity contribution in [1.82, 2.24) is 5.32 Å². The molecule has 0 aromatic heterocycles. The molecule has 1 fully saturated rings. The predicted octanol–water partition coefficient (Wildman–Crippen LogP) is 4.80. The lowest BCUT2D eigenvalue weighted by molar-refractivity contribution is 0.356. The molecule has 2 rings (SSSR count). The van der Waals surface area contributed by atoms with Crippen LogP contribution in [-0.4, -0.2) is 17.5 Å². The maximum Gasteiger partial charge on any atom is 0.124 e. The number of halogens is 2. The van der Waals surface area contributed by atoms with Crippen LogP contribution in [0.3, 0.4) is 0 Å². The van der Waals surface area contributed by atoms with Crippen LogP contribution in [0.15, 0.2) is 18.2 Å².